The van der Waals surface area contributed by atoms with Gasteiger partial charge in [-0.1, -0.05) is 73.3 Å². The lowest BCUT2D eigenvalue weighted by Gasteiger charge is -2.18. The summed E-state index contributed by atoms with van der Waals surface area (Å²) in [7, 11) is 0. The first-order chi connectivity index (χ1) is 12.3. The summed E-state index contributed by atoms with van der Waals surface area (Å²) in [4.78, 5) is 13.9. The highest BCUT2D eigenvalue weighted by Gasteiger charge is 2.13. The molecule has 3 heteroatoms. The van der Waals surface area contributed by atoms with Crippen LogP contribution in [0.15, 0.2) is 91.3 Å². The maximum atomic E-state index is 12.4. The normalized spacial score (nSPS) is 10.1. The van der Waals surface area contributed by atoms with Gasteiger partial charge in [-0.25, -0.2) is 4.79 Å². The van der Waals surface area contributed by atoms with Crippen molar-refractivity contribution < 1.29 is 9.53 Å². The molecule has 0 bridgehead atoms. The standard InChI is InChI=1S/C22H19NO2/c1-2-14-23(22(24)25-17-18-8-4-3-5-9-18)16-19-12-13-20-10-6-7-11-21(20)15-19/h3-15H,1,16-17H2. The van der Waals surface area contributed by atoms with E-state index in [9.17, 15) is 4.79 Å². The number of hydrogen-bond donors (Lipinski definition) is 0. The Morgan fingerprint density at radius 2 is 1.68 bits per heavy atom. The first kappa shape index (κ1) is 16.6. The molecule has 0 unspecified atom stereocenters. The molecule has 0 N–H and O–H groups in total. The molecule has 0 aliphatic rings. The molecule has 0 fully saturated rings. The van der Waals surface area contributed by atoms with Gasteiger partial charge < -0.3 is 4.74 Å². The Balaban J connectivity index is 1.71. The van der Waals surface area contributed by atoms with Gasteiger partial charge in [0.05, 0.1) is 12.7 Å². The average Bonchev–Trinajstić information content (AvgIpc) is 2.66. The molecule has 0 radical (unpaired) electrons. The summed E-state index contributed by atoms with van der Waals surface area (Å²) in [5.41, 5.74) is 4.62. The number of ether oxygens (including phenoxy) is 1. The van der Waals surface area contributed by atoms with E-state index in [0.717, 1.165) is 16.5 Å². The molecule has 3 nitrogen and oxygen atoms in total. The molecular weight excluding hydrogens is 310 g/mol. The minimum atomic E-state index is -0.423. The van der Waals surface area contributed by atoms with Crippen molar-refractivity contribution >= 4 is 16.9 Å². The number of nitrogens with zero attached hydrogens (tertiary/aromatic N) is 1. The quantitative estimate of drug-likeness (QED) is 0.596. The van der Waals surface area contributed by atoms with E-state index in [-0.39, 0.29) is 6.61 Å². The van der Waals surface area contributed by atoms with Gasteiger partial charge in [0.25, 0.3) is 0 Å². The second-order valence-corrected chi connectivity index (χ2v) is 5.68. The van der Waals surface area contributed by atoms with Crippen molar-refractivity contribution in [2.24, 2.45) is 0 Å². The van der Waals surface area contributed by atoms with Gasteiger partial charge >= 0.3 is 6.09 Å². The third kappa shape index (κ3) is 4.37. The highest BCUT2D eigenvalue weighted by Crippen LogP contribution is 2.17. The van der Waals surface area contributed by atoms with Crippen molar-refractivity contribution in [1.82, 2.24) is 4.90 Å². The molecule has 3 rings (SSSR count). The van der Waals surface area contributed by atoms with Gasteiger partial charge in [0.2, 0.25) is 0 Å². The average molecular weight is 329 g/mol. The van der Waals surface area contributed by atoms with E-state index in [4.69, 9.17) is 4.74 Å². The van der Waals surface area contributed by atoms with Gasteiger partial charge in [-0.3, -0.25) is 4.90 Å². The van der Waals surface area contributed by atoms with Crippen LogP contribution in [-0.4, -0.2) is 11.0 Å². The number of carbonyl (C=O) groups excluding carboxylic acids is 1. The van der Waals surface area contributed by atoms with E-state index in [1.807, 2.05) is 48.5 Å². The number of fused-ring (bicyclic) bond motifs is 1. The maximum absolute atomic E-state index is 12.4. The molecule has 0 aliphatic carbocycles. The number of rotatable bonds is 5. The lowest BCUT2D eigenvalue weighted by Crippen LogP contribution is -2.25. The van der Waals surface area contributed by atoms with E-state index >= 15 is 0 Å². The van der Waals surface area contributed by atoms with Gasteiger partial charge in [0.15, 0.2) is 0 Å². The van der Waals surface area contributed by atoms with Crippen LogP contribution in [0.3, 0.4) is 0 Å². The van der Waals surface area contributed by atoms with E-state index in [0.29, 0.717) is 6.54 Å². The number of hydrogen-bond acceptors (Lipinski definition) is 2. The van der Waals surface area contributed by atoms with Crippen molar-refractivity contribution in [3.8, 4) is 0 Å². The summed E-state index contributed by atoms with van der Waals surface area (Å²) in [5.74, 6) is 0. The number of amides is 1. The Labute approximate surface area is 147 Å². The zero-order valence-corrected chi connectivity index (χ0v) is 13.9. The van der Waals surface area contributed by atoms with Crippen LogP contribution < -0.4 is 0 Å². The van der Waals surface area contributed by atoms with Crippen LogP contribution in [0.25, 0.3) is 10.8 Å². The van der Waals surface area contributed by atoms with Gasteiger partial charge in [0, 0.05) is 0 Å². The lowest BCUT2D eigenvalue weighted by atomic mass is 10.1. The Morgan fingerprint density at radius 3 is 2.44 bits per heavy atom. The Kier molecular flexibility index (Phi) is 5.30. The highest BCUT2D eigenvalue weighted by atomic mass is 16.6. The molecule has 0 aromatic heterocycles. The minimum absolute atomic E-state index is 0.235. The predicted molar refractivity (Wildman–Crippen MR) is 99.8 cm³/mol. The zero-order chi connectivity index (χ0) is 17.5. The Morgan fingerprint density at radius 1 is 0.960 bits per heavy atom. The molecule has 3 aromatic carbocycles. The zero-order valence-electron chi connectivity index (χ0n) is 13.9. The monoisotopic (exact) mass is 329 g/mol. The van der Waals surface area contributed by atoms with E-state index in [1.165, 1.54) is 16.5 Å². The molecule has 124 valence electrons. The summed E-state index contributed by atoms with van der Waals surface area (Å²) >= 11 is 0. The SMILES string of the molecule is C=C=CN(Cc1ccc2ccccc2c1)C(=O)OCc1ccccc1. The Hall–Kier alpha value is -3.29. The van der Waals surface area contributed by atoms with Crippen molar-refractivity contribution in [3.63, 3.8) is 0 Å². The molecular formula is C22H19NO2. The molecule has 25 heavy (non-hydrogen) atoms. The molecule has 0 saturated carbocycles. The smallest absolute Gasteiger partial charge is 0.414 e. The fraction of sp³-hybridized carbons (Fsp3) is 0.0909. The minimum Gasteiger partial charge on any atom is -0.444 e. The molecule has 0 aliphatic heterocycles. The lowest BCUT2D eigenvalue weighted by molar-refractivity contribution is 0.109. The molecule has 0 spiro atoms. The topological polar surface area (TPSA) is 29.5 Å². The summed E-state index contributed by atoms with van der Waals surface area (Å²) in [6.07, 6.45) is 1.09. The van der Waals surface area contributed by atoms with E-state index in [1.54, 1.807) is 0 Å². The van der Waals surface area contributed by atoms with Gasteiger partial charge in [-0.15, -0.1) is 5.73 Å². The highest BCUT2D eigenvalue weighted by molar-refractivity contribution is 5.83. The maximum Gasteiger partial charge on any atom is 0.414 e. The summed E-state index contributed by atoms with van der Waals surface area (Å²) < 4.78 is 5.39. The number of carbonyl (C=O) groups is 1. The van der Waals surface area contributed by atoms with Gasteiger partial charge in [0.1, 0.15) is 6.61 Å². The van der Waals surface area contributed by atoms with Gasteiger partial charge in [-0.2, -0.15) is 0 Å². The molecule has 3 aromatic rings. The van der Waals surface area contributed by atoms with Crippen molar-refractivity contribution in [2.75, 3.05) is 0 Å². The van der Waals surface area contributed by atoms with Crippen molar-refractivity contribution in [2.45, 2.75) is 13.2 Å². The van der Waals surface area contributed by atoms with Crippen LogP contribution in [0.1, 0.15) is 11.1 Å². The first-order valence-electron chi connectivity index (χ1n) is 8.07. The van der Waals surface area contributed by atoms with E-state index < -0.39 is 6.09 Å². The molecule has 0 atom stereocenters. The summed E-state index contributed by atoms with van der Waals surface area (Å²) in [5, 5.41) is 2.31. The Bertz CT molecular complexity index is 911. The van der Waals surface area contributed by atoms with Crippen molar-refractivity contribution in [1.29, 1.82) is 0 Å². The third-order valence-electron chi connectivity index (χ3n) is 3.85. The largest absolute Gasteiger partial charge is 0.444 e. The second kappa shape index (κ2) is 8.00. The van der Waals surface area contributed by atoms with Crippen LogP contribution in [0, 0.1) is 0 Å². The van der Waals surface area contributed by atoms with Crippen LogP contribution in [-0.2, 0) is 17.9 Å². The third-order valence-corrected chi connectivity index (χ3v) is 3.85. The summed E-state index contributed by atoms with van der Waals surface area (Å²) in [6, 6.07) is 23.9. The van der Waals surface area contributed by atoms with Crippen LogP contribution in [0.4, 0.5) is 4.79 Å². The fourth-order valence-corrected chi connectivity index (χ4v) is 2.61. The van der Waals surface area contributed by atoms with E-state index in [2.05, 4.69) is 36.6 Å². The van der Waals surface area contributed by atoms with Crippen LogP contribution in [0.5, 0.6) is 0 Å². The summed E-state index contributed by atoms with van der Waals surface area (Å²) in [6.45, 7) is 4.20. The molecule has 0 heterocycles. The molecule has 0 saturated heterocycles. The van der Waals surface area contributed by atoms with Gasteiger partial charge in [-0.05, 0) is 28.0 Å². The fourth-order valence-electron chi connectivity index (χ4n) is 2.61. The second-order valence-electron chi connectivity index (χ2n) is 5.68. The first-order valence-corrected chi connectivity index (χ1v) is 8.07. The molecule has 1 amide bonds. The number of benzene rings is 3. The van der Waals surface area contributed by atoms with Crippen LogP contribution >= 0.6 is 0 Å². The van der Waals surface area contributed by atoms with Crippen LogP contribution in [0.2, 0.25) is 0 Å². The predicted octanol–water partition coefficient (Wildman–Crippen LogP) is 5.28. The van der Waals surface area contributed by atoms with Crippen molar-refractivity contribution in [3.05, 3.63) is 102 Å².